The summed E-state index contributed by atoms with van der Waals surface area (Å²) in [6, 6.07) is 42.8. The molecule has 0 amide bonds. The number of para-hydroxylation sites is 2. The van der Waals surface area contributed by atoms with Gasteiger partial charge in [0.15, 0.2) is 17.5 Å². The standard InChI is InChI=1S/C33H21ClN4/c34-25-19-24(20-26(21-25)38-29-17-9-7-15-27(29)28-16-8-10-18-30(28)38)33-36-31(22-11-3-1-4-12-22)35-32(37-33)23-13-5-2-6-14-23/h1-21H. The monoisotopic (exact) mass is 508 g/mol. The van der Waals surface area contributed by atoms with E-state index in [0.717, 1.165) is 33.4 Å². The zero-order valence-electron chi connectivity index (χ0n) is 20.3. The fourth-order valence-electron chi connectivity index (χ4n) is 4.97. The summed E-state index contributed by atoms with van der Waals surface area (Å²) in [5.74, 6) is 1.81. The molecule has 5 aromatic carbocycles. The Morgan fingerprint density at radius 2 is 0.895 bits per heavy atom. The van der Waals surface area contributed by atoms with Gasteiger partial charge in [0.25, 0.3) is 0 Å². The molecular formula is C33H21ClN4. The molecule has 4 nitrogen and oxygen atoms in total. The molecule has 0 aliphatic carbocycles. The first-order valence-corrected chi connectivity index (χ1v) is 12.8. The largest absolute Gasteiger partial charge is 0.309 e. The zero-order valence-corrected chi connectivity index (χ0v) is 21.0. The molecule has 2 aromatic heterocycles. The van der Waals surface area contributed by atoms with Gasteiger partial charge in [-0.25, -0.2) is 15.0 Å². The molecule has 0 bridgehead atoms. The molecule has 5 heteroatoms. The van der Waals surface area contributed by atoms with Crippen LogP contribution in [0.1, 0.15) is 0 Å². The molecule has 0 spiro atoms. The van der Waals surface area contributed by atoms with Crippen LogP contribution in [0, 0.1) is 0 Å². The Balaban J connectivity index is 1.46. The van der Waals surface area contributed by atoms with E-state index < -0.39 is 0 Å². The van der Waals surface area contributed by atoms with Crippen LogP contribution in [0.5, 0.6) is 0 Å². The van der Waals surface area contributed by atoms with Crippen molar-refractivity contribution < 1.29 is 0 Å². The molecule has 180 valence electrons. The molecule has 0 radical (unpaired) electrons. The molecule has 2 heterocycles. The number of rotatable bonds is 4. The van der Waals surface area contributed by atoms with E-state index in [1.54, 1.807) is 0 Å². The Bertz CT molecular complexity index is 1820. The maximum Gasteiger partial charge on any atom is 0.164 e. The predicted octanol–water partition coefficient (Wildman–Crippen LogP) is 8.62. The van der Waals surface area contributed by atoms with Crippen LogP contribution in [0.15, 0.2) is 127 Å². The summed E-state index contributed by atoms with van der Waals surface area (Å²) < 4.78 is 2.25. The van der Waals surface area contributed by atoms with Gasteiger partial charge in [-0.1, -0.05) is 109 Å². The minimum Gasteiger partial charge on any atom is -0.309 e. The lowest BCUT2D eigenvalue weighted by atomic mass is 10.1. The Morgan fingerprint density at radius 1 is 0.447 bits per heavy atom. The maximum atomic E-state index is 6.75. The average Bonchev–Trinajstić information content (AvgIpc) is 3.32. The van der Waals surface area contributed by atoms with Gasteiger partial charge >= 0.3 is 0 Å². The van der Waals surface area contributed by atoms with Crippen molar-refractivity contribution in [2.75, 3.05) is 0 Å². The van der Waals surface area contributed by atoms with Crippen LogP contribution in [0.3, 0.4) is 0 Å². The third kappa shape index (κ3) is 3.92. The van der Waals surface area contributed by atoms with Crippen molar-refractivity contribution in [1.29, 1.82) is 0 Å². The molecule has 38 heavy (non-hydrogen) atoms. The van der Waals surface area contributed by atoms with Crippen molar-refractivity contribution in [2.45, 2.75) is 0 Å². The van der Waals surface area contributed by atoms with E-state index in [-0.39, 0.29) is 0 Å². The Kier molecular flexibility index (Phi) is 5.46. The van der Waals surface area contributed by atoms with Crippen LogP contribution in [-0.2, 0) is 0 Å². The second-order valence-corrected chi connectivity index (χ2v) is 9.54. The van der Waals surface area contributed by atoms with Crippen LogP contribution < -0.4 is 0 Å². The van der Waals surface area contributed by atoms with Crippen LogP contribution in [0.4, 0.5) is 0 Å². The van der Waals surface area contributed by atoms with Crippen molar-refractivity contribution in [2.24, 2.45) is 0 Å². The van der Waals surface area contributed by atoms with Crippen LogP contribution >= 0.6 is 11.6 Å². The van der Waals surface area contributed by atoms with Crippen LogP contribution in [0.2, 0.25) is 5.02 Å². The minimum atomic E-state index is 0.572. The number of benzene rings is 5. The van der Waals surface area contributed by atoms with Gasteiger partial charge in [0.1, 0.15) is 0 Å². The predicted molar refractivity (Wildman–Crippen MR) is 155 cm³/mol. The molecule has 0 saturated heterocycles. The first kappa shape index (κ1) is 22.4. The molecule has 0 aliphatic rings. The van der Waals surface area contributed by atoms with E-state index >= 15 is 0 Å². The summed E-state index contributed by atoms with van der Waals surface area (Å²) in [5.41, 5.74) is 5.87. The van der Waals surface area contributed by atoms with E-state index in [2.05, 4.69) is 59.2 Å². The first-order chi connectivity index (χ1) is 18.7. The van der Waals surface area contributed by atoms with Gasteiger partial charge in [0.2, 0.25) is 0 Å². The molecule has 0 fully saturated rings. The van der Waals surface area contributed by atoms with Crippen molar-refractivity contribution >= 4 is 33.4 Å². The van der Waals surface area contributed by atoms with E-state index in [9.17, 15) is 0 Å². The number of hydrogen-bond donors (Lipinski definition) is 0. The minimum absolute atomic E-state index is 0.572. The molecule has 0 saturated carbocycles. The van der Waals surface area contributed by atoms with Crippen LogP contribution in [0.25, 0.3) is 61.7 Å². The van der Waals surface area contributed by atoms with Gasteiger partial charge in [-0.2, -0.15) is 0 Å². The molecule has 0 unspecified atom stereocenters. The van der Waals surface area contributed by atoms with Crippen molar-refractivity contribution in [1.82, 2.24) is 19.5 Å². The van der Waals surface area contributed by atoms with Crippen molar-refractivity contribution in [3.8, 4) is 39.9 Å². The normalized spacial score (nSPS) is 11.3. The number of hydrogen-bond acceptors (Lipinski definition) is 3. The van der Waals surface area contributed by atoms with Gasteiger partial charge in [0, 0.05) is 38.2 Å². The lowest BCUT2D eigenvalue weighted by molar-refractivity contribution is 1.07. The summed E-state index contributed by atoms with van der Waals surface area (Å²) in [4.78, 5) is 14.6. The van der Waals surface area contributed by atoms with Gasteiger partial charge in [-0.3, -0.25) is 0 Å². The molecule has 7 aromatic rings. The van der Waals surface area contributed by atoms with E-state index in [4.69, 9.17) is 26.6 Å². The summed E-state index contributed by atoms with van der Waals surface area (Å²) in [5, 5.41) is 3.01. The first-order valence-electron chi connectivity index (χ1n) is 12.4. The highest BCUT2D eigenvalue weighted by Crippen LogP contribution is 2.34. The highest BCUT2D eigenvalue weighted by Gasteiger charge is 2.16. The van der Waals surface area contributed by atoms with Gasteiger partial charge < -0.3 is 4.57 Å². The molecule has 0 atom stereocenters. The third-order valence-electron chi connectivity index (χ3n) is 6.68. The smallest absolute Gasteiger partial charge is 0.164 e. The zero-order chi connectivity index (χ0) is 25.5. The second kappa shape index (κ2) is 9.25. The molecule has 7 rings (SSSR count). The number of aromatic nitrogens is 4. The molecular weight excluding hydrogens is 488 g/mol. The van der Waals surface area contributed by atoms with E-state index in [1.807, 2.05) is 72.8 Å². The number of fused-ring (bicyclic) bond motifs is 3. The third-order valence-corrected chi connectivity index (χ3v) is 6.90. The quantitative estimate of drug-likeness (QED) is 0.239. The number of halogens is 1. The number of nitrogens with zero attached hydrogens (tertiary/aromatic N) is 4. The van der Waals surface area contributed by atoms with Crippen molar-refractivity contribution in [3.63, 3.8) is 0 Å². The summed E-state index contributed by atoms with van der Waals surface area (Å²) in [6.45, 7) is 0. The van der Waals surface area contributed by atoms with E-state index in [0.29, 0.717) is 22.5 Å². The molecule has 0 aliphatic heterocycles. The lowest BCUT2D eigenvalue weighted by Crippen LogP contribution is -2.01. The second-order valence-electron chi connectivity index (χ2n) is 9.11. The van der Waals surface area contributed by atoms with Gasteiger partial charge in [-0.05, 0) is 30.3 Å². The van der Waals surface area contributed by atoms with Crippen molar-refractivity contribution in [3.05, 3.63) is 132 Å². The Hall–Kier alpha value is -4.80. The summed E-state index contributed by atoms with van der Waals surface area (Å²) in [6.07, 6.45) is 0. The highest BCUT2D eigenvalue weighted by atomic mass is 35.5. The van der Waals surface area contributed by atoms with Gasteiger partial charge in [-0.15, -0.1) is 0 Å². The average molecular weight is 509 g/mol. The van der Waals surface area contributed by atoms with Gasteiger partial charge in [0.05, 0.1) is 11.0 Å². The Labute approximate surface area is 224 Å². The fourth-order valence-corrected chi connectivity index (χ4v) is 5.20. The highest BCUT2D eigenvalue weighted by molar-refractivity contribution is 6.31. The topological polar surface area (TPSA) is 43.6 Å². The maximum absolute atomic E-state index is 6.75. The fraction of sp³-hybridized carbons (Fsp3) is 0. The Morgan fingerprint density at radius 3 is 1.42 bits per heavy atom. The lowest BCUT2D eigenvalue weighted by Gasteiger charge is -2.12. The summed E-state index contributed by atoms with van der Waals surface area (Å²) in [7, 11) is 0. The summed E-state index contributed by atoms with van der Waals surface area (Å²) >= 11 is 6.75. The van der Waals surface area contributed by atoms with E-state index in [1.165, 1.54) is 10.8 Å². The molecule has 0 N–H and O–H groups in total. The van der Waals surface area contributed by atoms with Crippen LogP contribution in [-0.4, -0.2) is 19.5 Å². The SMILES string of the molecule is Clc1cc(-c2nc(-c3ccccc3)nc(-c3ccccc3)n2)cc(-n2c3ccccc3c3ccccc32)c1.